The van der Waals surface area contributed by atoms with E-state index in [2.05, 4.69) is 20.8 Å². The topological polar surface area (TPSA) is 93.0 Å². The quantitative estimate of drug-likeness (QED) is 0.388. The monoisotopic (exact) mass is 353 g/mol. The zero-order valence-electron chi connectivity index (χ0n) is 13.3. The SMILES string of the molecule is Cc1ccc(Sc2ncnc(NNc3ccccc3)c2[N+](=O)[O-])cc1. The molecular formula is C17H15N5O2S. The molecule has 0 unspecified atom stereocenters. The Morgan fingerprint density at radius 1 is 1.00 bits per heavy atom. The molecule has 2 N–H and O–H groups in total. The second-order valence-electron chi connectivity index (χ2n) is 5.16. The van der Waals surface area contributed by atoms with Crippen molar-refractivity contribution in [3.05, 3.63) is 76.6 Å². The first-order chi connectivity index (χ1) is 12.1. The number of anilines is 2. The van der Waals surface area contributed by atoms with Crippen molar-refractivity contribution >= 4 is 29.0 Å². The van der Waals surface area contributed by atoms with Crippen LogP contribution in [0.2, 0.25) is 0 Å². The average molecular weight is 353 g/mol. The van der Waals surface area contributed by atoms with E-state index >= 15 is 0 Å². The van der Waals surface area contributed by atoms with Gasteiger partial charge in [-0.1, -0.05) is 47.7 Å². The molecule has 3 aromatic rings. The Labute approximate surface area is 148 Å². The van der Waals surface area contributed by atoms with Crippen LogP contribution in [0.4, 0.5) is 17.2 Å². The van der Waals surface area contributed by atoms with Gasteiger partial charge in [0.1, 0.15) is 6.33 Å². The third-order valence-electron chi connectivity index (χ3n) is 3.31. The summed E-state index contributed by atoms with van der Waals surface area (Å²) in [5.41, 5.74) is 7.41. The van der Waals surface area contributed by atoms with E-state index in [0.29, 0.717) is 0 Å². The van der Waals surface area contributed by atoms with Gasteiger partial charge in [-0.15, -0.1) is 0 Å². The molecule has 1 aromatic heterocycles. The molecule has 0 bridgehead atoms. The molecule has 126 valence electrons. The number of aromatic nitrogens is 2. The number of nitrogens with one attached hydrogen (secondary N) is 2. The summed E-state index contributed by atoms with van der Waals surface area (Å²) in [6.07, 6.45) is 1.30. The minimum Gasteiger partial charge on any atom is -0.299 e. The second-order valence-corrected chi connectivity index (χ2v) is 6.23. The molecule has 2 aromatic carbocycles. The Hall–Kier alpha value is -3.13. The zero-order valence-corrected chi connectivity index (χ0v) is 14.2. The number of aryl methyl sites for hydroxylation is 1. The highest BCUT2D eigenvalue weighted by molar-refractivity contribution is 7.99. The van der Waals surface area contributed by atoms with Gasteiger partial charge in [0, 0.05) is 4.90 Å². The van der Waals surface area contributed by atoms with Gasteiger partial charge in [-0.25, -0.2) is 9.97 Å². The molecule has 0 saturated heterocycles. The van der Waals surface area contributed by atoms with E-state index in [0.717, 1.165) is 16.1 Å². The molecule has 0 saturated carbocycles. The lowest BCUT2D eigenvalue weighted by Crippen LogP contribution is -2.12. The molecule has 1 heterocycles. The van der Waals surface area contributed by atoms with Gasteiger partial charge in [0.25, 0.3) is 0 Å². The lowest BCUT2D eigenvalue weighted by Gasteiger charge is -2.10. The summed E-state index contributed by atoms with van der Waals surface area (Å²) < 4.78 is 0. The van der Waals surface area contributed by atoms with Crippen molar-refractivity contribution in [1.82, 2.24) is 9.97 Å². The molecule has 0 aliphatic rings. The van der Waals surface area contributed by atoms with Gasteiger partial charge < -0.3 is 0 Å². The first-order valence-corrected chi connectivity index (χ1v) is 8.26. The van der Waals surface area contributed by atoms with Crippen molar-refractivity contribution in [2.24, 2.45) is 0 Å². The van der Waals surface area contributed by atoms with Crippen LogP contribution in [0.5, 0.6) is 0 Å². The van der Waals surface area contributed by atoms with Crippen LogP contribution in [0.15, 0.2) is 70.8 Å². The largest absolute Gasteiger partial charge is 0.345 e. The summed E-state index contributed by atoms with van der Waals surface area (Å²) in [5, 5.41) is 11.8. The summed E-state index contributed by atoms with van der Waals surface area (Å²) in [4.78, 5) is 20.0. The minimum absolute atomic E-state index is 0.110. The smallest absolute Gasteiger partial charge is 0.299 e. The van der Waals surface area contributed by atoms with Gasteiger partial charge in [0.15, 0.2) is 5.03 Å². The maximum atomic E-state index is 11.5. The molecule has 0 amide bonds. The molecule has 0 aliphatic heterocycles. The predicted molar refractivity (Wildman–Crippen MR) is 97.7 cm³/mol. The van der Waals surface area contributed by atoms with Gasteiger partial charge in [-0.3, -0.25) is 21.0 Å². The molecule has 7 nitrogen and oxygen atoms in total. The summed E-state index contributed by atoms with van der Waals surface area (Å²) in [5.74, 6) is 0.110. The van der Waals surface area contributed by atoms with Gasteiger partial charge in [0.05, 0.1) is 10.6 Å². The van der Waals surface area contributed by atoms with Crippen LogP contribution in [0.3, 0.4) is 0 Å². The first kappa shape index (κ1) is 16.7. The van der Waals surface area contributed by atoms with Crippen LogP contribution in [0.1, 0.15) is 5.56 Å². The van der Waals surface area contributed by atoms with Gasteiger partial charge >= 0.3 is 5.69 Å². The van der Waals surface area contributed by atoms with E-state index in [1.807, 2.05) is 61.5 Å². The van der Waals surface area contributed by atoms with E-state index in [1.165, 1.54) is 18.1 Å². The molecule has 0 fully saturated rings. The standard InChI is InChI=1S/C17H15N5O2S/c1-12-7-9-14(10-8-12)25-17-15(22(23)24)16(18-11-19-17)21-20-13-5-3-2-4-6-13/h2-11,20H,1H3,(H,18,19,21). The van der Waals surface area contributed by atoms with Crippen molar-refractivity contribution < 1.29 is 4.92 Å². The number of rotatable bonds is 6. The number of para-hydroxylation sites is 1. The van der Waals surface area contributed by atoms with Gasteiger partial charge in [-0.05, 0) is 31.2 Å². The molecule has 25 heavy (non-hydrogen) atoms. The fraction of sp³-hybridized carbons (Fsp3) is 0.0588. The fourth-order valence-corrected chi connectivity index (χ4v) is 2.93. The van der Waals surface area contributed by atoms with Crippen molar-refractivity contribution in [3.63, 3.8) is 0 Å². The van der Waals surface area contributed by atoms with Crippen molar-refractivity contribution in [1.29, 1.82) is 0 Å². The molecule has 8 heteroatoms. The lowest BCUT2D eigenvalue weighted by atomic mass is 10.2. The Morgan fingerprint density at radius 3 is 2.40 bits per heavy atom. The first-order valence-electron chi connectivity index (χ1n) is 7.44. The van der Waals surface area contributed by atoms with Crippen molar-refractivity contribution in [2.75, 3.05) is 10.9 Å². The average Bonchev–Trinajstić information content (AvgIpc) is 2.62. The van der Waals surface area contributed by atoms with Crippen LogP contribution in [0, 0.1) is 17.0 Å². The fourth-order valence-electron chi connectivity index (χ4n) is 2.06. The van der Waals surface area contributed by atoms with Crippen molar-refractivity contribution in [2.45, 2.75) is 16.8 Å². The summed E-state index contributed by atoms with van der Waals surface area (Å²) >= 11 is 1.23. The lowest BCUT2D eigenvalue weighted by molar-refractivity contribution is -0.387. The highest BCUT2D eigenvalue weighted by Crippen LogP contribution is 2.36. The maximum absolute atomic E-state index is 11.5. The summed E-state index contributed by atoms with van der Waals surface area (Å²) in [6, 6.07) is 17.0. The van der Waals surface area contributed by atoms with Crippen LogP contribution in [0.25, 0.3) is 0 Å². The third-order valence-corrected chi connectivity index (χ3v) is 4.31. The number of nitrogens with zero attached hydrogens (tertiary/aromatic N) is 3. The number of hydrazine groups is 1. The Bertz CT molecular complexity index is 872. The number of benzene rings is 2. The van der Waals surface area contributed by atoms with E-state index in [4.69, 9.17) is 0 Å². The zero-order chi connectivity index (χ0) is 17.6. The van der Waals surface area contributed by atoms with E-state index in [-0.39, 0.29) is 16.5 Å². The number of hydrogen-bond donors (Lipinski definition) is 2. The van der Waals surface area contributed by atoms with Gasteiger partial charge in [0.2, 0.25) is 5.82 Å². The molecule has 3 rings (SSSR count). The number of hydrogen-bond acceptors (Lipinski definition) is 7. The highest BCUT2D eigenvalue weighted by atomic mass is 32.2. The van der Waals surface area contributed by atoms with Crippen LogP contribution in [-0.4, -0.2) is 14.9 Å². The molecule has 0 atom stereocenters. The van der Waals surface area contributed by atoms with Crippen LogP contribution in [-0.2, 0) is 0 Å². The van der Waals surface area contributed by atoms with Gasteiger partial charge in [-0.2, -0.15) is 0 Å². The Balaban J connectivity index is 1.86. The molecule has 0 radical (unpaired) electrons. The normalized spacial score (nSPS) is 10.3. The molecule has 0 spiro atoms. The Morgan fingerprint density at radius 2 is 1.72 bits per heavy atom. The molecule has 0 aliphatic carbocycles. The minimum atomic E-state index is -0.481. The van der Waals surface area contributed by atoms with E-state index in [1.54, 1.807) is 0 Å². The second kappa shape index (κ2) is 7.63. The third kappa shape index (κ3) is 4.24. The predicted octanol–water partition coefficient (Wildman–Crippen LogP) is 4.28. The summed E-state index contributed by atoms with van der Waals surface area (Å²) in [6.45, 7) is 1.98. The van der Waals surface area contributed by atoms with E-state index in [9.17, 15) is 10.1 Å². The van der Waals surface area contributed by atoms with Crippen LogP contribution >= 0.6 is 11.8 Å². The highest BCUT2D eigenvalue weighted by Gasteiger charge is 2.23. The Kier molecular flexibility index (Phi) is 5.10. The summed E-state index contributed by atoms with van der Waals surface area (Å²) in [7, 11) is 0. The van der Waals surface area contributed by atoms with E-state index < -0.39 is 4.92 Å². The number of nitro groups is 1. The maximum Gasteiger partial charge on any atom is 0.345 e. The molecular weight excluding hydrogens is 338 g/mol. The van der Waals surface area contributed by atoms with Crippen LogP contribution < -0.4 is 10.9 Å². The van der Waals surface area contributed by atoms with Crippen molar-refractivity contribution in [3.8, 4) is 0 Å².